The van der Waals surface area contributed by atoms with E-state index in [0.717, 1.165) is 57.5 Å². The van der Waals surface area contributed by atoms with Gasteiger partial charge >= 0.3 is 0 Å². The monoisotopic (exact) mass is 512 g/mol. The number of amides is 1. The first-order chi connectivity index (χ1) is 13.7. The van der Waals surface area contributed by atoms with Gasteiger partial charge in [-0.15, -0.1) is 24.0 Å². The Hall–Kier alpha value is -1.51. The average molecular weight is 512 g/mol. The Labute approximate surface area is 190 Å². The molecule has 3 aliphatic rings. The maximum absolute atomic E-state index is 12.4. The number of guanidine groups is 1. The fourth-order valence-corrected chi connectivity index (χ4v) is 4.77. The minimum absolute atomic E-state index is 0. The quantitative estimate of drug-likeness (QED) is 0.368. The number of likely N-dealkylation sites (tertiary alicyclic amines) is 1. The van der Waals surface area contributed by atoms with E-state index >= 15 is 0 Å². The van der Waals surface area contributed by atoms with Gasteiger partial charge in [-0.3, -0.25) is 4.79 Å². The number of para-hydroxylation sites is 1. The number of nitrogens with one attached hydrogen (secondary N) is 2. The summed E-state index contributed by atoms with van der Waals surface area (Å²) in [5.74, 6) is 1.82. The number of carbonyl (C=O) groups excluding carboxylic acids is 1. The van der Waals surface area contributed by atoms with E-state index in [-0.39, 0.29) is 48.1 Å². The molecule has 1 saturated carbocycles. The van der Waals surface area contributed by atoms with Crippen LogP contribution in [0.5, 0.6) is 5.75 Å². The molecule has 2 heterocycles. The molecule has 0 aromatic heterocycles. The maximum Gasteiger partial charge on any atom is 0.244 e. The van der Waals surface area contributed by atoms with Crippen molar-refractivity contribution < 1.29 is 9.53 Å². The molecule has 4 rings (SSSR count). The zero-order chi connectivity index (χ0) is 19.4. The van der Waals surface area contributed by atoms with Crippen molar-refractivity contribution in [3.05, 3.63) is 29.8 Å². The molecule has 2 N–H and O–H groups in total. The molecule has 1 spiro atoms. The van der Waals surface area contributed by atoms with E-state index in [1.54, 1.807) is 0 Å². The van der Waals surface area contributed by atoms with E-state index in [2.05, 4.69) is 40.7 Å². The van der Waals surface area contributed by atoms with Gasteiger partial charge in [-0.2, -0.15) is 0 Å². The average Bonchev–Trinajstić information content (AvgIpc) is 3.39. The lowest BCUT2D eigenvalue weighted by molar-refractivity contribution is -0.128. The summed E-state index contributed by atoms with van der Waals surface area (Å²) in [6.07, 6.45) is 7.83. The molecule has 7 heteroatoms. The highest BCUT2D eigenvalue weighted by atomic mass is 127. The SMILES string of the molecule is CCNC(=NCC(=O)N1CCCC1)NC1CC2(CCCC2)Oc2ccccc21.I. The third-order valence-electron chi connectivity index (χ3n) is 6.20. The molecule has 6 nitrogen and oxygen atoms in total. The number of rotatable bonds is 4. The first-order valence-corrected chi connectivity index (χ1v) is 10.8. The first-order valence-electron chi connectivity index (χ1n) is 10.8. The van der Waals surface area contributed by atoms with Gasteiger partial charge in [-0.25, -0.2) is 4.99 Å². The second kappa shape index (κ2) is 10.00. The topological polar surface area (TPSA) is 66.0 Å². The highest BCUT2D eigenvalue weighted by Crippen LogP contribution is 2.46. The van der Waals surface area contributed by atoms with Gasteiger partial charge in [0.15, 0.2) is 5.96 Å². The van der Waals surface area contributed by atoms with Crippen LogP contribution < -0.4 is 15.4 Å². The van der Waals surface area contributed by atoms with Gasteiger partial charge < -0.3 is 20.3 Å². The van der Waals surface area contributed by atoms with Crippen LogP contribution in [0.4, 0.5) is 0 Å². The van der Waals surface area contributed by atoms with Gasteiger partial charge in [0.05, 0.1) is 6.04 Å². The third-order valence-corrected chi connectivity index (χ3v) is 6.20. The zero-order valence-corrected chi connectivity index (χ0v) is 19.6. The zero-order valence-electron chi connectivity index (χ0n) is 17.3. The Kier molecular flexibility index (Phi) is 7.65. The van der Waals surface area contributed by atoms with Crippen LogP contribution in [0, 0.1) is 0 Å². The molecular weight excluding hydrogens is 479 g/mol. The van der Waals surface area contributed by atoms with Crippen LogP contribution >= 0.6 is 24.0 Å². The molecule has 1 aromatic carbocycles. The Bertz CT molecular complexity index is 727. The lowest BCUT2D eigenvalue weighted by Gasteiger charge is -2.40. The lowest BCUT2D eigenvalue weighted by atomic mass is 9.86. The molecule has 2 aliphatic heterocycles. The lowest BCUT2D eigenvalue weighted by Crippen LogP contribution is -2.47. The summed E-state index contributed by atoms with van der Waals surface area (Å²) in [5.41, 5.74) is 1.12. The third kappa shape index (κ3) is 5.16. The van der Waals surface area contributed by atoms with Gasteiger partial charge in [-0.05, 0) is 51.5 Å². The molecule has 29 heavy (non-hydrogen) atoms. The van der Waals surface area contributed by atoms with E-state index in [1.165, 1.54) is 18.4 Å². The smallest absolute Gasteiger partial charge is 0.244 e. The Morgan fingerprint density at radius 2 is 1.93 bits per heavy atom. The molecule has 1 aromatic rings. The molecule has 2 fully saturated rings. The summed E-state index contributed by atoms with van der Waals surface area (Å²) >= 11 is 0. The molecule has 160 valence electrons. The van der Waals surface area contributed by atoms with E-state index in [1.807, 2.05) is 11.0 Å². The number of halogens is 1. The maximum atomic E-state index is 12.4. The normalized spacial score (nSPS) is 22.6. The van der Waals surface area contributed by atoms with Gasteiger partial charge in [0.2, 0.25) is 5.91 Å². The predicted octanol–water partition coefficient (Wildman–Crippen LogP) is 3.62. The summed E-state index contributed by atoms with van der Waals surface area (Å²) in [6, 6.07) is 8.45. The molecule has 0 radical (unpaired) electrons. The summed E-state index contributed by atoms with van der Waals surface area (Å²) < 4.78 is 6.46. The minimum atomic E-state index is -0.0608. The van der Waals surface area contributed by atoms with Crippen LogP contribution in [0.2, 0.25) is 0 Å². The highest BCUT2D eigenvalue weighted by molar-refractivity contribution is 14.0. The summed E-state index contributed by atoms with van der Waals surface area (Å²) in [7, 11) is 0. The first kappa shape index (κ1) is 22.2. The Balaban J connectivity index is 0.00000240. The van der Waals surface area contributed by atoms with Crippen LogP contribution in [0.15, 0.2) is 29.3 Å². The molecule has 1 unspecified atom stereocenters. The van der Waals surface area contributed by atoms with Crippen molar-refractivity contribution in [1.29, 1.82) is 0 Å². The van der Waals surface area contributed by atoms with Crippen molar-refractivity contribution in [2.75, 3.05) is 26.2 Å². The Morgan fingerprint density at radius 1 is 1.21 bits per heavy atom. The van der Waals surface area contributed by atoms with E-state index in [0.29, 0.717) is 5.96 Å². The second-order valence-electron chi connectivity index (χ2n) is 8.21. The number of hydrogen-bond acceptors (Lipinski definition) is 3. The van der Waals surface area contributed by atoms with E-state index in [4.69, 9.17) is 4.74 Å². The minimum Gasteiger partial charge on any atom is -0.487 e. The number of carbonyl (C=O) groups is 1. The fraction of sp³-hybridized carbons (Fsp3) is 0.636. The van der Waals surface area contributed by atoms with Crippen molar-refractivity contribution in [3.63, 3.8) is 0 Å². The van der Waals surface area contributed by atoms with Crippen LogP contribution in [0.25, 0.3) is 0 Å². The second-order valence-corrected chi connectivity index (χ2v) is 8.21. The number of hydrogen-bond donors (Lipinski definition) is 2. The number of benzene rings is 1. The van der Waals surface area contributed by atoms with Crippen LogP contribution in [0.1, 0.15) is 63.5 Å². The summed E-state index contributed by atoms with van der Waals surface area (Å²) in [5, 5.41) is 6.91. The van der Waals surface area contributed by atoms with Gasteiger partial charge in [0, 0.05) is 31.6 Å². The molecule has 1 aliphatic carbocycles. The number of aliphatic imine (C=N–C) groups is 1. The van der Waals surface area contributed by atoms with Crippen molar-refractivity contribution in [2.45, 2.75) is 63.5 Å². The van der Waals surface area contributed by atoms with Crippen molar-refractivity contribution in [1.82, 2.24) is 15.5 Å². The standard InChI is InChI=1S/C22H32N4O2.HI/c1-2-23-21(24-16-20(27)26-13-7-8-14-26)25-18-15-22(11-5-6-12-22)28-19-10-4-3-9-17(18)19;/h3-4,9-10,18H,2,5-8,11-16H2,1H3,(H2,23,24,25);1H. The molecule has 1 amide bonds. The van der Waals surface area contributed by atoms with Crippen molar-refractivity contribution in [2.24, 2.45) is 4.99 Å². The van der Waals surface area contributed by atoms with E-state index in [9.17, 15) is 4.79 Å². The summed E-state index contributed by atoms with van der Waals surface area (Å²) in [4.78, 5) is 18.9. The van der Waals surface area contributed by atoms with Crippen LogP contribution in [-0.2, 0) is 4.79 Å². The molecule has 1 saturated heterocycles. The summed E-state index contributed by atoms with van der Waals surface area (Å²) in [6.45, 7) is 4.75. The van der Waals surface area contributed by atoms with Crippen molar-refractivity contribution >= 4 is 35.8 Å². The predicted molar refractivity (Wildman–Crippen MR) is 126 cm³/mol. The molecular formula is C22H33IN4O2. The highest BCUT2D eigenvalue weighted by Gasteiger charge is 2.43. The number of nitrogens with zero attached hydrogens (tertiary/aromatic N) is 2. The Morgan fingerprint density at radius 3 is 2.66 bits per heavy atom. The number of ether oxygens (including phenoxy) is 1. The van der Waals surface area contributed by atoms with Crippen LogP contribution in [0.3, 0.4) is 0 Å². The van der Waals surface area contributed by atoms with E-state index < -0.39 is 0 Å². The van der Waals surface area contributed by atoms with Crippen LogP contribution in [-0.4, -0.2) is 48.5 Å². The van der Waals surface area contributed by atoms with Gasteiger partial charge in [-0.1, -0.05) is 18.2 Å². The van der Waals surface area contributed by atoms with Gasteiger partial charge in [0.25, 0.3) is 0 Å². The largest absolute Gasteiger partial charge is 0.487 e. The van der Waals surface area contributed by atoms with Crippen molar-refractivity contribution in [3.8, 4) is 5.75 Å². The van der Waals surface area contributed by atoms with Gasteiger partial charge in [0.1, 0.15) is 17.9 Å². The fourth-order valence-electron chi connectivity index (χ4n) is 4.77. The molecule has 1 atom stereocenters. The molecule has 0 bridgehead atoms. The number of fused-ring (bicyclic) bond motifs is 1.